The lowest BCUT2D eigenvalue weighted by Crippen LogP contribution is -2.41. The Hall–Kier alpha value is -6.57. The van der Waals surface area contributed by atoms with Crippen LogP contribution in [0.15, 0.2) is 66.7 Å². The van der Waals surface area contributed by atoms with Gasteiger partial charge in [0.15, 0.2) is 15.5 Å². The Kier molecular flexibility index (Phi) is 15.9. The molecule has 3 heterocycles. The predicted octanol–water partition coefficient (Wildman–Crippen LogP) is 8.89. The van der Waals surface area contributed by atoms with Crippen molar-refractivity contribution in [2.75, 3.05) is 6.26 Å². The largest absolute Gasteiger partial charge is 0.524 e. The van der Waals surface area contributed by atoms with Crippen LogP contribution in [0.4, 0.5) is 43.9 Å². The molecule has 3 N–H and O–H groups in total. The highest BCUT2D eigenvalue weighted by Crippen LogP contribution is 2.68. The number of para-hydroxylation sites is 1. The first-order valence-electron chi connectivity index (χ1n) is 23.8. The number of nitrogens with one attached hydrogen (secondary N) is 1. The molecule has 3 aromatic heterocycles. The normalized spacial score (nSPS) is 16.6. The van der Waals surface area contributed by atoms with Crippen molar-refractivity contribution in [2.24, 2.45) is 11.3 Å². The van der Waals surface area contributed by atoms with Crippen molar-refractivity contribution in [3.05, 3.63) is 129 Å². The summed E-state index contributed by atoms with van der Waals surface area (Å²) in [5.74, 6) is -6.68. The standard InChI is InChI=1S/C50H45ClF10N7O10PS2/c1-46(2,21-26-8-6-7-9-37(26)78-79(71,72)73)45(70)68(80(74)75)22-36-40-34(51)13-12-31(42(40)67(64-36)24-48(54,55)56)30-11-10-29(14-15-47(3,4)81(5,76)77)62-41(30)35(18-25-16-27(52)19-28(53)17-25)63-38(69)23-66-44-39(43(65-66)50(59,60)61)32-20-33(32)49(44,57)58/h6-13,16-17,19,32-33,35,80H,18,20-24H2,1-5H3,(H,63,69)(H2,71,72,73)/t32-,33+,35?/m0/s1. The number of aromatic nitrogens is 5. The summed E-state index contributed by atoms with van der Waals surface area (Å²) < 4.78 is 215. The first-order chi connectivity index (χ1) is 37.3. The number of thiol groups is 1. The lowest BCUT2D eigenvalue weighted by molar-refractivity contribution is -0.143. The summed E-state index contributed by atoms with van der Waals surface area (Å²) in [4.78, 5) is 52.1. The number of hydrogen-bond acceptors (Lipinski definition) is 11. The van der Waals surface area contributed by atoms with Gasteiger partial charge in [-0.05, 0) is 92.5 Å². The molecule has 31 heteroatoms. The van der Waals surface area contributed by atoms with E-state index in [9.17, 15) is 75.9 Å². The van der Waals surface area contributed by atoms with Crippen LogP contribution in [0.5, 0.6) is 5.75 Å². The second-order valence-electron chi connectivity index (χ2n) is 20.5. The summed E-state index contributed by atoms with van der Waals surface area (Å²) in [5, 5.41) is 9.15. The summed E-state index contributed by atoms with van der Waals surface area (Å²) in [6.07, 6.45) is -10.9. The molecule has 0 aliphatic heterocycles. The van der Waals surface area contributed by atoms with Gasteiger partial charge in [-0.1, -0.05) is 55.6 Å². The molecule has 2 amide bonds. The maximum atomic E-state index is 15.7. The molecular formula is C50H45ClF10N7O10PS2. The fraction of sp³-hybridized carbons (Fsp3) is 0.380. The number of phosphoric ester groups is 1. The molecule has 81 heavy (non-hydrogen) atoms. The van der Waals surface area contributed by atoms with Crippen LogP contribution in [-0.4, -0.2) is 84.5 Å². The molecule has 1 fully saturated rings. The zero-order chi connectivity index (χ0) is 59.9. The average Bonchev–Trinajstić information content (AvgIpc) is 2.42. The number of sulfone groups is 1. The Morgan fingerprint density at radius 3 is 2.21 bits per heavy atom. The van der Waals surface area contributed by atoms with E-state index in [1.807, 2.05) is 0 Å². The number of pyridine rings is 1. The monoisotopic (exact) mass is 1220 g/mol. The SMILES string of the molecule is CC(C)(Cc1ccccc1OP(=O)(O)O)C(=O)N(Cc1nn(CC(F)(F)F)c2c(-c3ccc(C#CC(C)(C)S(C)(=O)=O)nc3C(Cc3cc(F)cc(F)c3)NC(=O)Cn3nc(C(F)(F)F)c4c3C(F)(F)[C@@H]3C[C@H]43)ccc(Cl)c12)[SH](=O)=O. The molecule has 0 saturated heterocycles. The van der Waals surface area contributed by atoms with E-state index in [1.54, 1.807) is 0 Å². The smallest absolute Gasteiger partial charge is 0.404 e. The number of alkyl halides is 8. The lowest BCUT2D eigenvalue weighted by Gasteiger charge is -2.28. The minimum Gasteiger partial charge on any atom is -0.404 e. The van der Waals surface area contributed by atoms with Crippen LogP contribution in [0, 0.1) is 34.8 Å². The van der Waals surface area contributed by atoms with Gasteiger partial charge in [0.2, 0.25) is 22.7 Å². The van der Waals surface area contributed by atoms with Gasteiger partial charge in [-0.3, -0.25) is 28.7 Å². The second-order valence-corrected chi connectivity index (χ2v) is 25.6. The Bertz CT molecular complexity index is 3840. The number of fused-ring (bicyclic) bond motifs is 4. The number of amides is 2. The molecule has 1 unspecified atom stereocenters. The minimum atomic E-state index is -5.24. The first-order valence-corrected chi connectivity index (χ1v) is 28.8. The molecule has 0 bridgehead atoms. The molecule has 2 aliphatic carbocycles. The van der Waals surface area contributed by atoms with Gasteiger partial charge in [0.25, 0.3) is 5.92 Å². The molecule has 434 valence electrons. The molecule has 6 aromatic rings. The molecule has 17 nitrogen and oxygen atoms in total. The average molecular weight is 1220 g/mol. The second kappa shape index (κ2) is 21.3. The Morgan fingerprint density at radius 2 is 1.60 bits per heavy atom. The minimum absolute atomic E-state index is 0.0312. The molecule has 2 aliphatic rings. The van der Waals surface area contributed by atoms with Crippen molar-refractivity contribution >= 4 is 62.9 Å². The van der Waals surface area contributed by atoms with Gasteiger partial charge in [0.05, 0.1) is 34.5 Å². The van der Waals surface area contributed by atoms with E-state index in [1.165, 1.54) is 58.0 Å². The number of benzene rings is 3. The van der Waals surface area contributed by atoms with Crippen molar-refractivity contribution in [1.82, 2.24) is 34.2 Å². The highest BCUT2D eigenvalue weighted by atomic mass is 35.5. The molecule has 0 spiro atoms. The molecular weight excluding hydrogens is 1180 g/mol. The Morgan fingerprint density at radius 1 is 0.963 bits per heavy atom. The van der Waals surface area contributed by atoms with E-state index < -0.39 is 170 Å². The Balaban J connectivity index is 1.30. The number of carbonyl (C=O) groups excluding carboxylic acids is 2. The quantitative estimate of drug-likeness (QED) is 0.0290. The van der Waals surface area contributed by atoms with E-state index in [0.717, 1.165) is 36.6 Å². The van der Waals surface area contributed by atoms with Crippen molar-refractivity contribution in [1.29, 1.82) is 0 Å². The predicted molar refractivity (Wildman–Crippen MR) is 270 cm³/mol. The van der Waals surface area contributed by atoms with Crippen LogP contribution in [0.1, 0.15) is 91.2 Å². The van der Waals surface area contributed by atoms with Crippen LogP contribution >= 0.6 is 19.4 Å². The first kappa shape index (κ1) is 60.5. The van der Waals surface area contributed by atoms with E-state index in [-0.39, 0.29) is 54.1 Å². The zero-order valence-electron chi connectivity index (χ0n) is 42.6. The molecule has 1 saturated carbocycles. The van der Waals surface area contributed by atoms with E-state index in [2.05, 4.69) is 32.3 Å². The fourth-order valence-corrected chi connectivity index (χ4v) is 11.2. The van der Waals surface area contributed by atoms with Crippen LogP contribution in [0.25, 0.3) is 22.0 Å². The highest BCUT2D eigenvalue weighted by molar-refractivity contribution is 7.92. The molecule has 3 atom stereocenters. The number of nitrogens with zero attached hydrogens (tertiary/aromatic N) is 6. The van der Waals surface area contributed by atoms with E-state index in [4.69, 9.17) is 16.1 Å². The third-order valence-electron chi connectivity index (χ3n) is 13.5. The van der Waals surface area contributed by atoms with Gasteiger partial charge < -0.3 is 9.84 Å². The Labute approximate surface area is 460 Å². The van der Waals surface area contributed by atoms with Gasteiger partial charge in [0, 0.05) is 45.7 Å². The topological polar surface area (TPSA) is 233 Å². The van der Waals surface area contributed by atoms with E-state index in [0.29, 0.717) is 10.7 Å². The number of phosphoric acid groups is 1. The maximum Gasteiger partial charge on any atom is 0.524 e. The molecule has 0 radical (unpaired) electrons. The summed E-state index contributed by atoms with van der Waals surface area (Å²) in [5.41, 5.74) is -8.08. The zero-order valence-corrected chi connectivity index (χ0v) is 46.0. The number of rotatable bonds is 17. The lowest BCUT2D eigenvalue weighted by atomic mass is 9.84. The highest BCUT2D eigenvalue weighted by Gasteiger charge is 2.68. The van der Waals surface area contributed by atoms with Crippen molar-refractivity contribution in [3.8, 4) is 28.7 Å². The maximum absolute atomic E-state index is 15.7. The van der Waals surface area contributed by atoms with Gasteiger partial charge in [-0.2, -0.15) is 45.3 Å². The molecule has 3 aromatic carbocycles. The van der Waals surface area contributed by atoms with Gasteiger partial charge >= 0.3 is 20.2 Å². The summed E-state index contributed by atoms with van der Waals surface area (Å²) in [6.45, 7) is 0.638. The summed E-state index contributed by atoms with van der Waals surface area (Å²) >= 11 is 6.74. The molecule has 8 rings (SSSR count). The van der Waals surface area contributed by atoms with E-state index >= 15 is 8.78 Å². The third-order valence-corrected chi connectivity index (χ3v) is 17.0. The van der Waals surface area contributed by atoms with Gasteiger partial charge in [0.1, 0.15) is 46.6 Å². The van der Waals surface area contributed by atoms with Crippen LogP contribution in [0.3, 0.4) is 0 Å². The van der Waals surface area contributed by atoms with Crippen molar-refractivity contribution in [2.45, 2.75) is 102 Å². The van der Waals surface area contributed by atoms with Gasteiger partial charge in [-0.15, -0.1) is 0 Å². The summed E-state index contributed by atoms with van der Waals surface area (Å²) in [7, 11) is -13.1. The fourth-order valence-electron chi connectivity index (χ4n) is 9.58. The number of hydrogen-bond donors (Lipinski definition) is 4. The van der Waals surface area contributed by atoms with Gasteiger partial charge in [-0.25, -0.2) is 39.5 Å². The van der Waals surface area contributed by atoms with Crippen molar-refractivity contribution in [3.63, 3.8) is 0 Å². The number of halogens is 11. The van der Waals surface area contributed by atoms with Crippen LogP contribution in [0.2, 0.25) is 5.02 Å². The summed E-state index contributed by atoms with van der Waals surface area (Å²) in [6, 6.07) is 10.2. The van der Waals surface area contributed by atoms with Crippen molar-refractivity contribution < 1.29 is 89.2 Å². The third kappa shape index (κ3) is 12.9. The van der Waals surface area contributed by atoms with Crippen LogP contribution in [-0.2, 0) is 79.5 Å². The van der Waals surface area contributed by atoms with Crippen LogP contribution < -0.4 is 9.84 Å². The number of carbonyl (C=O) groups is 2.